The number of hydrogen-bond donors (Lipinski definition) is 1. The van der Waals surface area contributed by atoms with Crippen molar-refractivity contribution in [2.45, 2.75) is 24.8 Å². The van der Waals surface area contributed by atoms with Crippen molar-refractivity contribution in [1.29, 1.82) is 0 Å². The number of likely N-dealkylation sites (N-methyl/N-ethyl adjacent to an activating group) is 1. The Morgan fingerprint density at radius 1 is 0.969 bits per heavy atom. The van der Waals surface area contributed by atoms with Gasteiger partial charge in [-0.25, -0.2) is 9.59 Å². The molecule has 1 N–H and O–H groups in total. The van der Waals surface area contributed by atoms with Gasteiger partial charge in [0, 0.05) is 18.0 Å². The molecule has 0 aliphatic heterocycles. The number of aryl methyl sites for hydroxylation is 1. The molecule has 1 aliphatic rings. The van der Waals surface area contributed by atoms with Gasteiger partial charge in [-0.1, -0.05) is 78.3 Å². The lowest BCUT2D eigenvalue weighted by Gasteiger charge is -2.25. The Bertz CT molecular complexity index is 1100. The highest BCUT2D eigenvalue weighted by molar-refractivity contribution is 6.31. The Morgan fingerprint density at radius 3 is 2.12 bits per heavy atom. The van der Waals surface area contributed by atoms with Crippen molar-refractivity contribution < 1.29 is 19.4 Å². The van der Waals surface area contributed by atoms with Crippen LogP contribution in [0.15, 0.2) is 72.8 Å². The summed E-state index contributed by atoms with van der Waals surface area (Å²) in [5.74, 6) is -1.15. The molecule has 5 nitrogen and oxygen atoms in total. The minimum absolute atomic E-state index is 0.0776. The van der Waals surface area contributed by atoms with E-state index in [0.29, 0.717) is 11.4 Å². The van der Waals surface area contributed by atoms with Crippen LogP contribution in [0, 0.1) is 0 Å². The molecule has 3 aromatic carbocycles. The Hall–Kier alpha value is -3.31. The molecule has 164 valence electrons. The Balaban J connectivity index is 1.44. The number of rotatable bonds is 7. The lowest BCUT2D eigenvalue weighted by Crippen LogP contribution is -2.43. The van der Waals surface area contributed by atoms with Gasteiger partial charge in [0.2, 0.25) is 0 Å². The van der Waals surface area contributed by atoms with Crippen LogP contribution in [0.2, 0.25) is 5.02 Å². The van der Waals surface area contributed by atoms with Crippen molar-refractivity contribution in [3.05, 3.63) is 94.5 Å². The first-order chi connectivity index (χ1) is 15.5. The molecule has 4 rings (SSSR count). The molecule has 0 spiro atoms. The molecule has 0 saturated heterocycles. The maximum atomic E-state index is 12.8. The van der Waals surface area contributed by atoms with Crippen LogP contribution >= 0.6 is 11.6 Å². The molecule has 0 bridgehead atoms. The number of carbonyl (C=O) groups excluding carboxylic acids is 1. The van der Waals surface area contributed by atoms with E-state index in [1.54, 1.807) is 6.07 Å². The number of ether oxygens (including phenoxy) is 1. The number of carboxylic acids is 1. The van der Waals surface area contributed by atoms with Gasteiger partial charge in [-0.15, -0.1) is 0 Å². The van der Waals surface area contributed by atoms with Crippen LogP contribution in [0.25, 0.3) is 11.1 Å². The second-order valence-electron chi connectivity index (χ2n) is 7.90. The first kappa shape index (κ1) is 21.9. The fraction of sp³-hybridized carbons (Fsp3) is 0.231. The second kappa shape index (κ2) is 9.45. The van der Waals surface area contributed by atoms with Crippen LogP contribution in [0.4, 0.5) is 4.79 Å². The molecule has 6 heteroatoms. The van der Waals surface area contributed by atoms with E-state index in [1.165, 1.54) is 7.05 Å². The van der Waals surface area contributed by atoms with Crippen molar-refractivity contribution >= 4 is 23.7 Å². The van der Waals surface area contributed by atoms with Crippen molar-refractivity contribution in [3.8, 4) is 11.1 Å². The Kier molecular flexibility index (Phi) is 6.47. The zero-order valence-corrected chi connectivity index (χ0v) is 18.5. The summed E-state index contributed by atoms with van der Waals surface area (Å²) >= 11 is 6.18. The molecule has 3 aromatic rings. The van der Waals surface area contributed by atoms with Crippen LogP contribution in [0.5, 0.6) is 0 Å². The summed E-state index contributed by atoms with van der Waals surface area (Å²) in [6, 6.07) is 22.4. The van der Waals surface area contributed by atoms with Gasteiger partial charge in [0.15, 0.2) is 0 Å². The highest BCUT2D eigenvalue weighted by Crippen LogP contribution is 2.44. The number of halogens is 1. The van der Waals surface area contributed by atoms with Crippen LogP contribution < -0.4 is 0 Å². The fourth-order valence-corrected chi connectivity index (χ4v) is 4.53. The number of nitrogens with zero attached hydrogens (tertiary/aromatic N) is 1. The van der Waals surface area contributed by atoms with Crippen molar-refractivity contribution in [3.63, 3.8) is 0 Å². The van der Waals surface area contributed by atoms with Crippen LogP contribution in [0.1, 0.15) is 29.0 Å². The first-order valence-corrected chi connectivity index (χ1v) is 10.9. The Labute approximate surface area is 192 Å². The summed E-state index contributed by atoms with van der Waals surface area (Å²) in [4.78, 5) is 25.8. The van der Waals surface area contributed by atoms with Gasteiger partial charge >= 0.3 is 12.1 Å². The number of fused-ring (bicyclic) bond motifs is 3. The molecular formula is C26H24ClNO4. The minimum Gasteiger partial charge on any atom is -0.480 e. The number of carboxylic acid groups (broad SMARTS) is 1. The molecule has 0 heterocycles. The molecule has 1 atom stereocenters. The lowest BCUT2D eigenvalue weighted by atomic mass is 9.98. The zero-order valence-electron chi connectivity index (χ0n) is 17.7. The van der Waals surface area contributed by atoms with Gasteiger partial charge in [0.25, 0.3) is 0 Å². The van der Waals surface area contributed by atoms with Gasteiger partial charge in [-0.2, -0.15) is 0 Å². The molecule has 1 amide bonds. The highest BCUT2D eigenvalue weighted by atomic mass is 35.5. The number of aliphatic carboxylic acids is 1. The third kappa shape index (κ3) is 4.34. The predicted octanol–water partition coefficient (Wildman–Crippen LogP) is 5.61. The molecule has 1 unspecified atom stereocenters. The molecule has 0 aromatic heterocycles. The van der Waals surface area contributed by atoms with Gasteiger partial charge < -0.3 is 9.84 Å². The molecule has 0 fully saturated rings. The van der Waals surface area contributed by atoms with E-state index >= 15 is 0 Å². The first-order valence-electron chi connectivity index (χ1n) is 10.5. The van der Waals surface area contributed by atoms with Crippen LogP contribution in [-0.2, 0) is 16.0 Å². The molecule has 1 aliphatic carbocycles. The van der Waals surface area contributed by atoms with E-state index in [-0.39, 0.29) is 18.9 Å². The van der Waals surface area contributed by atoms with E-state index in [2.05, 4.69) is 12.1 Å². The summed E-state index contributed by atoms with van der Waals surface area (Å²) in [5.41, 5.74) is 5.35. The quantitative estimate of drug-likeness (QED) is 0.509. The SMILES string of the molecule is CN(C(=O)OCC1c2ccccc2-c2ccccc21)C(CCc1ccccc1Cl)C(=O)O. The summed E-state index contributed by atoms with van der Waals surface area (Å²) in [6.07, 6.45) is 0.0237. The topological polar surface area (TPSA) is 66.8 Å². The largest absolute Gasteiger partial charge is 0.480 e. The third-order valence-electron chi connectivity index (χ3n) is 6.02. The number of amides is 1. The number of carbonyl (C=O) groups is 2. The summed E-state index contributed by atoms with van der Waals surface area (Å²) in [5, 5.41) is 10.3. The predicted molar refractivity (Wildman–Crippen MR) is 124 cm³/mol. The zero-order chi connectivity index (χ0) is 22.7. The van der Waals surface area contributed by atoms with Crippen molar-refractivity contribution in [1.82, 2.24) is 4.90 Å². The lowest BCUT2D eigenvalue weighted by molar-refractivity contribution is -0.142. The van der Waals surface area contributed by atoms with Gasteiger partial charge in [0.05, 0.1) is 0 Å². The highest BCUT2D eigenvalue weighted by Gasteiger charge is 2.31. The maximum absolute atomic E-state index is 12.8. The monoisotopic (exact) mass is 449 g/mol. The average molecular weight is 450 g/mol. The van der Waals surface area contributed by atoms with E-state index in [0.717, 1.165) is 32.7 Å². The van der Waals surface area contributed by atoms with Crippen molar-refractivity contribution in [2.24, 2.45) is 0 Å². The maximum Gasteiger partial charge on any atom is 0.410 e. The number of hydrogen-bond acceptors (Lipinski definition) is 3. The van der Waals surface area contributed by atoms with Gasteiger partial charge in [-0.05, 0) is 46.7 Å². The molecule has 0 radical (unpaired) electrons. The fourth-order valence-electron chi connectivity index (χ4n) is 4.30. The summed E-state index contributed by atoms with van der Waals surface area (Å²) in [6.45, 7) is 0.147. The average Bonchev–Trinajstić information content (AvgIpc) is 3.12. The van der Waals surface area contributed by atoms with Crippen molar-refractivity contribution in [2.75, 3.05) is 13.7 Å². The van der Waals surface area contributed by atoms with Gasteiger partial charge in [-0.3, -0.25) is 4.90 Å². The molecule has 0 saturated carbocycles. The van der Waals surface area contributed by atoms with E-state index < -0.39 is 18.1 Å². The molecular weight excluding hydrogens is 426 g/mol. The van der Waals surface area contributed by atoms with Gasteiger partial charge in [0.1, 0.15) is 12.6 Å². The van der Waals surface area contributed by atoms with E-state index in [9.17, 15) is 14.7 Å². The third-order valence-corrected chi connectivity index (χ3v) is 6.39. The summed E-state index contributed by atoms with van der Waals surface area (Å²) in [7, 11) is 1.46. The second-order valence-corrected chi connectivity index (χ2v) is 8.31. The van der Waals surface area contributed by atoms with Crippen LogP contribution in [-0.4, -0.2) is 41.8 Å². The number of benzene rings is 3. The normalized spacial score (nSPS) is 13.2. The van der Waals surface area contributed by atoms with E-state index in [1.807, 2.05) is 54.6 Å². The smallest absolute Gasteiger partial charge is 0.410 e. The van der Waals surface area contributed by atoms with Crippen LogP contribution in [0.3, 0.4) is 0 Å². The minimum atomic E-state index is -1.08. The van der Waals surface area contributed by atoms with E-state index in [4.69, 9.17) is 16.3 Å². The standard InChI is InChI=1S/C26H24ClNO4/c1-28(24(25(29)30)15-14-17-8-2-7-13-23(17)27)26(31)32-16-22-20-11-5-3-9-18(20)19-10-4-6-12-21(19)22/h2-13,22,24H,14-16H2,1H3,(H,29,30). The Morgan fingerprint density at radius 2 is 1.53 bits per heavy atom. The molecule has 32 heavy (non-hydrogen) atoms. The summed E-state index contributed by atoms with van der Waals surface area (Å²) < 4.78 is 5.61.